The summed E-state index contributed by atoms with van der Waals surface area (Å²) in [5.74, 6) is 0. The fourth-order valence-electron chi connectivity index (χ4n) is 3.34. The van der Waals surface area contributed by atoms with Gasteiger partial charge in [-0.2, -0.15) is 5.10 Å². The first kappa shape index (κ1) is 20.6. The molecule has 0 radical (unpaired) electrons. The van der Waals surface area contributed by atoms with Crippen LogP contribution in [0.15, 0.2) is 66.4 Å². The molecule has 0 aliphatic rings. The van der Waals surface area contributed by atoms with Crippen molar-refractivity contribution in [2.45, 2.75) is 12.8 Å². The van der Waals surface area contributed by atoms with E-state index in [0.29, 0.717) is 0 Å². The Morgan fingerprint density at radius 2 is 2.00 bits per heavy atom. The molecule has 0 aliphatic carbocycles. The maximum Gasteiger partial charge on any atom is 0.186 e. The molecule has 2 N–H and O–H groups in total. The molecule has 31 heavy (non-hydrogen) atoms. The van der Waals surface area contributed by atoms with E-state index < -0.39 is 0 Å². The van der Waals surface area contributed by atoms with E-state index >= 15 is 0 Å². The van der Waals surface area contributed by atoms with Crippen molar-refractivity contribution in [1.82, 2.24) is 24.5 Å². The van der Waals surface area contributed by atoms with Gasteiger partial charge in [0.15, 0.2) is 5.11 Å². The van der Waals surface area contributed by atoms with Crippen LogP contribution in [-0.4, -0.2) is 42.9 Å². The summed E-state index contributed by atoms with van der Waals surface area (Å²) in [4.78, 5) is 13.3. The summed E-state index contributed by atoms with van der Waals surface area (Å²) in [6, 6.07) is 12.4. The highest BCUT2D eigenvalue weighted by Crippen LogP contribution is 2.25. The van der Waals surface area contributed by atoms with Crippen molar-refractivity contribution in [2.24, 2.45) is 17.9 Å². The molecular formula is C23H23N7S. The summed E-state index contributed by atoms with van der Waals surface area (Å²) in [6.45, 7) is 0. The topological polar surface area (TPSA) is 85.2 Å². The molecule has 0 saturated carbocycles. The minimum Gasteiger partial charge on any atom is -0.375 e. The van der Waals surface area contributed by atoms with E-state index in [9.17, 15) is 0 Å². The van der Waals surface area contributed by atoms with Gasteiger partial charge in [-0.05, 0) is 60.5 Å². The first-order valence-corrected chi connectivity index (χ1v) is 10.3. The monoisotopic (exact) mass is 429 g/mol. The van der Waals surface area contributed by atoms with Gasteiger partial charge >= 0.3 is 0 Å². The minimum absolute atomic E-state index is 0.207. The molecular weight excluding hydrogens is 406 g/mol. The van der Waals surface area contributed by atoms with Gasteiger partial charge in [0.05, 0.1) is 35.6 Å². The highest BCUT2D eigenvalue weighted by molar-refractivity contribution is 7.80. The van der Waals surface area contributed by atoms with Gasteiger partial charge in [-0.15, -0.1) is 0 Å². The van der Waals surface area contributed by atoms with Crippen LogP contribution in [0.2, 0.25) is 0 Å². The summed E-state index contributed by atoms with van der Waals surface area (Å²) in [5.41, 5.74) is 11.7. The zero-order chi connectivity index (χ0) is 21.8. The van der Waals surface area contributed by atoms with Crippen LogP contribution in [0.1, 0.15) is 16.7 Å². The Labute approximate surface area is 186 Å². The molecule has 0 spiro atoms. The average molecular weight is 430 g/mol. The average Bonchev–Trinajstić information content (AvgIpc) is 3.22. The molecule has 0 saturated heterocycles. The molecule has 0 amide bonds. The second-order valence-electron chi connectivity index (χ2n) is 7.31. The number of hydrazone groups is 1. The molecule has 1 aromatic carbocycles. The second kappa shape index (κ2) is 9.01. The van der Waals surface area contributed by atoms with Gasteiger partial charge in [0.1, 0.15) is 0 Å². The number of benzene rings is 1. The van der Waals surface area contributed by atoms with Gasteiger partial charge in [-0.1, -0.05) is 12.1 Å². The number of hydrogen-bond acceptors (Lipinski definition) is 5. The lowest BCUT2D eigenvalue weighted by molar-refractivity contribution is 0.552. The predicted molar refractivity (Wildman–Crippen MR) is 128 cm³/mol. The van der Waals surface area contributed by atoms with E-state index in [1.54, 1.807) is 32.0 Å². The third-order valence-electron chi connectivity index (χ3n) is 5.10. The molecule has 0 bridgehead atoms. The summed E-state index contributed by atoms with van der Waals surface area (Å²) in [5, 5.41) is 7.10. The Morgan fingerprint density at radius 3 is 2.71 bits per heavy atom. The van der Waals surface area contributed by atoms with E-state index in [-0.39, 0.29) is 5.11 Å². The molecule has 0 aliphatic heterocycles. The Kier molecular flexibility index (Phi) is 5.99. The van der Waals surface area contributed by atoms with Crippen molar-refractivity contribution in [1.29, 1.82) is 0 Å². The van der Waals surface area contributed by atoms with Crippen molar-refractivity contribution in [3.8, 4) is 11.4 Å². The van der Waals surface area contributed by atoms with Gasteiger partial charge in [0.25, 0.3) is 0 Å². The number of pyridine rings is 2. The summed E-state index contributed by atoms with van der Waals surface area (Å²) >= 11 is 5.00. The van der Waals surface area contributed by atoms with E-state index in [2.05, 4.69) is 39.3 Å². The molecule has 156 valence electrons. The second-order valence-corrected chi connectivity index (χ2v) is 7.72. The van der Waals surface area contributed by atoms with Crippen LogP contribution in [0.3, 0.4) is 0 Å². The van der Waals surface area contributed by atoms with Crippen LogP contribution in [0, 0.1) is 0 Å². The SMILES string of the molecule is CN(N=Cc1cc(-c2cncn2C)nc2ccc(CCc3cccnc3)cc12)C(N)=S. The van der Waals surface area contributed by atoms with E-state index in [4.69, 9.17) is 22.9 Å². The molecule has 4 rings (SSSR count). The van der Waals surface area contributed by atoms with E-state index in [0.717, 1.165) is 40.7 Å². The van der Waals surface area contributed by atoms with Gasteiger partial charge in [0, 0.05) is 37.4 Å². The maximum absolute atomic E-state index is 5.67. The number of hydrogen-bond donors (Lipinski definition) is 1. The molecule has 7 nitrogen and oxygen atoms in total. The Balaban J connectivity index is 1.74. The number of aryl methyl sites for hydroxylation is 3. The van der Waals surface area contributed by atoms with Crippen LogP contribution in [0.5, 0.6) is 0 Å². The summed E-state index contributed by atoms with van der Waals surface area (Å²) in [7, 11) is 3.67. The van der Waals surface area contributed by atoms with Gasteiger partial charge < -0.3 is 10.3 Å². The molecule has 0 atom stereocenters. The maximum atomic E-state index is 5.67. The fourth-order valence-corrected chi connectivity index (χ4v) is 3.38. The fraction of sp³-hybridized carbons (Fsp3) is 0.174. The molecule has 0 fully saturated rings. The summed E-state index contributed by atoms with van der Waals surface area (Å²) in [6.07, 6.45) is 10.9. The van der Waals surface area contributed by atoms with Crippen LogP contribution in [0.4, 0.5) is 0 Å². The van der Waals surface area contributed by atoms with Crippen LogP contribution < -0.4 is 5.73 Å². The lowest BCUT2D eigenvalue weighted by Gasteiger charge is -2.12. The smallest absolute Gasteiger partial charge is 0.186 e. The molecule has 3 heterocycles. The van der Waals surface area contributed by atoms with Crippen molar-refractivity contribution in [3.05, 3.63) is 78.0 Å². The highest BCUT2D eigenvalue weighted by atomic mass is 32.1. The summed E-state index contributed by atoms with van der Waals surface area (Å²) < 4.78 is 1.94. The molecule has 8 heteroatoms. The third-order valence-corrected chi connectivity index (χ3v) is 5.36. The number of nitrogens with zero attached hydrogens (tertiary/aromatic N) is 6. The first-order valence-electron chi connectivity index (χ1n) is 9.87. The number of aromatic nitrogens is 4. The molecule has 4 aromatic rings. The first-order chi connectivity index (χ1) is 15.0. The van der Waals surface area contributed by atoms with Gasteiger partial charge in [0.2, 0.25) is 0 Å². The third kappa shape index (κ3) is 4.75. The van der Waals surface area contributed by atoms with Gasteiger partial charge in [-0.25, -0.2) is 15.0 Å². The van der Waals surface area contributed by atoms with E-state index in [1.165, 1.54) is 16.1 Å². The van der Waals surface area contributed by atoms with Crippen molar-refractivity contribution >= 4 is 34.4 Å². The van der Waals surface area contributed by atoms with Crippen LogP contribution >= 0.6 is 12.2 Å². The Bertz CT molecular complexity index is 1250. The lowest BCUT2D eigenvalue weighted by Crippen LogP contribution is -2.27. The van der Waals surface area contributed by atoms with Crippen LogP contribution in [-0.2, 0) is 19.9 Å². The lowest BCUT2D eigenvalue weighted by atomic mass is 10.0. The highest BCUT2D eigenvalue weighted by Gasteiger charge is 2.11. The number of rotatable bonds is 6. The van der Waals surface area contributed by atoms with Crippen LogP contribution in [0.25, 0.3) is 22.3 Å². The van der Waals surface area contributed by atoms with Gasteiger partial charge in [-0.3, -0.25) is 4.98 Å². The Morgan fingerprint density at radius 1 is 1.16 bits per heavy atom. The number of fused-ring (bicyclic) bond motifs is 1. The number of thiocarbonyl (C=S) groups is 1. The number of nitrogens with two attached hydrogens (primary N) is 1. The predicted octanol–water partition coefficient (Wildman–Crippen LogP) is 3.32. The largest absolute Gasteiger partial charge is 0.375 e. The normalized spacial score (nSPS) is 11.3. The number of imidazole rings is 1. The van der Waals surface area contributed by atoms with Crippen molar-refractivity contribution in [3.63, 3.8) is 0 Å². The van der Waals surface area contributed by atoms with Crippen molar-refractivity contribution < 1.29 is 0 Å². The van der Waals surface area contributed by atoms with Crippen molar-refractivity contribution in [2.75, 3.05) is 7.05 Å². The zero-order valence-corrected chi connectivity index (χ0v) is 18.3. The molecule has 3 aromatic heterocycles. The minimum atomic E-state index is 0.207. The Hall–Kier alpha value is -3.65. The van der Waals surface area contributed by atoms with E-state index in [1.807, 2.05) is 29.9 Å². The molecule has 0 unspecified atom stereocenters. The zero-order valence-electron chi connectivity index (χ0n) is 17.4. The standard InChI is InChI=1S/C23H23N7S/c1-29-15-26-14-22(29)21-11-18(13-27-30(2)23(24)31)19-10-16(7-8-20(19)28-21)5-6-17-4-3-9-25-12-17/h3-4,7-15H,5-6H2,1-2H3,(H2,24,31). The quantitative estimate of drug-likeness (QED) is 0.287.